The monoisotopic (exact) mass is 814 g/mol. The molecule has 316 valence electrons. The van der Waals surface area contributed by atoms with Gasteiger partial charge in [0.15, 0.2) is 12.8 Å². The summed E-state index contributed by atoms with van der Waals surface area (Å²) >= 11 is 1.11. The minimum Gasteiger partial charge on any atom is -0.508 e. The van der Waals surface area contributed by atoms with Crippen LogP contribution in [0.15, 0.2) is 29.6 Å². The highest BCUT2D eigenvalue weighted by atomic mass is 32.1. The summed E-state index contributed by atoms with van der Waals surface area (Å²) in [5, 5.41) is 17.5. The SMILES string of the molecule is CCCC(=O)OCN(C(=O)[C@@H](NC(=O)[C@H]1CCCCN1C)C(C)C)[C@H](C[C@@H](OC(C)=O)c1nc(C(=O)N[C@@H](Cc2ccc(O)cc2)C[C@H](C)C(N)=O)cs1)C(C)C. The molecule has 0 saturated carbocycles. The number of nitrogens with one attached hydrogen (secondary N) is 2. The number of nitrogens with two attached hydrogens (primary N) is 1. The average molecular weight is 815 g/mol. The number of amides is 4. The molecule has 1 aromatic heterocycles. The first-order valence-corrected chi connectivity index (χ1v) is 20.8. The van der Waals surface area contributed by atoms with Gasteiger partial charge in [0, 0.05) is 43.1 Å². The maximum absolute atomic E-state index is 14.6. The molecule has 1 aromatic carbocycles. The fraction of sp³-hybridized carbons (Fsp3) is 0.634. The summed E-state index contributed by atoms with van der Waals surface area (Å²) in [6.07, 6.45) is 2.96. The molecule has 0 spiro atoms. The molecule has 1 fully saturated rings. The molecular formula is C41H62N6O9S. The van der Waals surface area contributed by atoms with Crippen molar-refractivity contribution in [2.45, 2.75) is 130 Å². The van der Waals surface area contributed by atoms with Crippen molar-refractivity contribution in [3.05, 3.63) is 45.9 Å². The Morgan fingerprint density at radius 3 is 2.28 bits per heavy atom. The van der Waals surface area contributed by atoms with Gasteiger partial charge in [0.25, 0.3) is 5.91 Å². The molecule has 0 radical (unpaired) electrons. The molecule has 0 unspecified atom stereocenters. The second-order valence-electron chi connectivity index (χ2n) is 15.7. The number of ether oxygens (including phenoxy) is 2. The number of primary amides is 1. The van der Waals surface area contributed by atoms with Crippen molar-refractivity contribution in [1.29, 1.82) is 0 Å². The zero-order chi connectivity index (χ0) is 42.4. The van der Waals surface area contributed by atoms with E-state index in [1.54, 1.807) is 24.4 Å². The number of likely N-dealkylation sites (N-methyl/N-ethyl adjacent to an activating group) is 1. The number of phenols is 1. The molecule has 1 aliphatic heterocycles. The number of thiazole rings is 1. The van der Waals surface area contributed by atoms with Crippen molar-refractivity contribution < 1.29 is 43.3 Å². The number of aromatic hydroxyl groups is 1. The molecule has 2 heterocycles. The topological polar surface area (TPSA) is 211 Å². The lowest BCUT2D eigenvalue weighted by Gasteiger charge is -2.39. The lowest BCUT2D eigenvalue weighted by Crippen LogP contribution is -2.59. The summed E-state index contributed by atoms with van der Waals surface area (Å²) in [7, 11) is 1.90. The van der Waals surface area contributed by atoms with Crippen LogP contribution in [0.5, 0.6) is 5.75 Å². The van der Waals surface area contributed by atoms with E-state index in [0.29, 0.717) is 24.3 Å². The van der Waals surface area contributed by atoms with Crippen LogP contribution in [0.3, 0.4) is 0 Å². The Morgan fingerprint density at radius 2 is 1.70 bits per heavy atom. The van der Waals surface area contributed by atoms with E-state index in [1.807, 2.05) is 46.6 Å². The maximum Gasteiger partial charge on any atom is 0.307 e. The van der Waals surface area contributed by atoms with Crippen molar-refractivity contribution in [1.82, 2.24) is 25.4 Å². The average Bonchev–Trinajstić information content (AvgIpc) is 3.64. The van der Waals surface area contributed by atoms with E-state index in [9.17, 15) is 33.9 Å². The largest absolute Gasteiger partial charge is 0.508 e. The van der Waals surface area contributed by atoms with Gasteiger partial charge in [-0.1, -0.05) is 60.1 Å². The van der Waals surface area contributed by atoms with Crippen LogP contribution < -0.4 is 16.4 Å². The molecule has 1 saturated heterocycles. The van der Waals surface area contributed by atoms with Gasteiger partial charge in [-0.3, -0.25) is 33.7 Å². The predicted octanol–water partition coefficient (Wildman–Crippen LogP) is 4.47. The molecule has 16 heteroatoms. The van der Waals surface area contributed by atoms with Gasteiger partial charge >= 0.3 is 11.9 Å². The Bertz CT molecular complexity index is 1670. The Labute approximate surface area is 340 Å². The summed E-state index contributed by atoms with van der Waals surface area (Å²) in [5.41, 5.74) is 6.43. The number of benzene rings is 1. The number of nitrogens with zero attached hydrogens (tertiary/aromatic N) is 3. The zero-order valence-corrected chi connectivity index (χ0v) is 35.4. The van der Waals surface area contributed by atoms with E-state index in [0.717, 1.165) is 36.3 Å². The van der Waals surface area contributed by atoms with Crippen LogP contribution >= 0.6 is 11.3 Å². The third-order valence-corrected chi connectivity index (χ3v) is 11.2. The van der Waals surface area contributed by atoms with Gasteiger partial charge in [0.05, 0.1) is 6.04 Å². The second kappa shape index (κ2) is 22.4. The number of carbonyl (C=O) groups is 6. The summed E-state index contributed by atoms with van der Waals surface area (Å²) < 4.78 is 11.4. The number of likely N-dealkylation sites (tertiary alicyclic amines) is 1. The first-order valence-electron chi connectivity index (χ1n) is 19.9. The van der Waals surface area contributed by atoms with E-state index >= 15 is 0 Å². The predicted molar refractivity (Wildman–Crippen MR) is 216 cm³/mol. The minimum atomic E-state index is -0.992. The molecule has 2 aromatic rings. The highest BCUT2D eigenvalue weighted by Crippen LogP contribution is 2.32. The lowest BCUT2D eigenvalue weighted by atomic mass is 9.93. The quantitative estimate of drug-likeness (QED) is 0.102. The highest BCUT2D eigenvalue weighted by molar-refractivity contribution is 7.09. The summed E-state index contributed by atoms with van der Waals surface area (Å²) in [5.74, 6) is -3.79. The second-order valence-corrected chi connectivity index (χ2v) is 16.6. The number of piperidine rings is 1. The van der Waals surface area contributed by atoms with Gasteiger partial charge < -0.3 is 35.8 Å². The van der Waals surface area contributed by atoms with E-state index in [1.165, 1.54) is 24.0 Å². The van der Waals surface area contributed by atoms with Crippen molar-refractivity contribution in [3.63, 3.8) is 0 Å². The molecule has 4 amide bonds. The number of rotatable bonds is 21. The van der Waals surface area contributed by atoms with Crippen LogP contribution in [0.2, 0.25) is 0 Å². The van der Waals surface area contributed by atoms with E-state index in [4.69, 9.17) is 15.2 Å². The van der Waals surface area contributed by atoms with Gasteiger partial charge in [-0.2, -0.15) is 0 Å². The Hall–Kier alpha value is -4.57. The van der Waals surface area contributed by atoms with Crippen LogP contribution in [0, 0.1) is 17.8 Å². The van der Waals surface area contributed by atoms with Gasteiger partial charge in [-0.15, -0.1) is 11.3 Å². The molecule has 15 nitrogen and oxygen atoms in total. The van der Waals surface area contributed by atoms with Gasteiger partial charge in [-0.05, 0) is 75.2 Å². The highest BCUT2D eigenvalue weighted by Gasteiger charge is 2.39. The lowest BCUT2D eigenvalue weighted by molar-refractivity contribution is -0.160. The first kappa shape index (κ1) is 46.8. The first-order chi connectivity index (χ1) is 26.9. The Balaban J connectivity index is 1.93. The normalized spacial score (nSPS) is 17.2. The zero-order valence-electron chi connectivity index (χ0n) is 34.6. The molecule has 0 aliphatic carbocycles. The van der Waals surface area contributed by atoms with Crippen LogP contribution in [-0.4, -0.2) is 99.9 Å². The number of hydrogen-bond acceptors (Lipinski definition) is 12. The molecule has 6 atom stereocenters. The van der Waals surface area contributed by atoms with Crippen LogP contribution in [0.4, 0.5) is 0 Å². The molecule has 0 bridgehead atoms. The number of hydrogen-bond donors (Lipinski definition) is 4. The number of esters is 2. The van der Waals surface area contributed by atoms with E-state index < -0.39 is 59.8 Å². The molecule has 5 N–H and O–H groups in total. The van der Waals surface area contributed by atoms with Crippen molar-refractivity contribution in [2.24, 2.45) is 23.5 Å². The summed E-state index contributed by atoms with van der Waals surface area (Å²) in [6, 6.07) is 4.05. The number of aromatic nitrogens is 1. The molecule has 3 rings (SSSR count). The van der Waals surface area contributed by atoms with Crippen molar-refractivity contribution in [3.8, 4) is 5.75 Å². The standard InChI is InChI=1S/C41H62N6O9S/c1-9-12-35(50)55-23-47(41(54)36(25(4)5)45-39(53)32-13-10-11-18-46(32)8)33(24(2)3)21-34(56-27(7)48)40-44-31(22-57-40)38(52)43-29(19-26(6)37(42)51)20-28-14-16-30(49)17-15-28/h14-17,22,24-26,29,32-34,36,49H,9-13,18-21,23H2,1-8H3,(H2,42,51)(H,43,52)(H,45,53)/t26-,29+,32+,33+,34+,36-/m0/s1. The van der Waals surface area contributed by atoms with Gasteiger partial charge in [-0.25, -0.2) is 4.98 Å². The Morgan fingerprint density at radius 1 is 1.02 bits per heavy atom. The van der Waals surface area contributed by atoms with Crippen molar-refractivity contribution >= 4 is 46.9 Å². The van der Waals surface area contributed by atoms with Gasteiger partial charge in [0.2, 0.25) is 17.7 Å². The minimum absolute atomic E-state index is 0.0482. The third kappa shape index (κ3) is 14.4. The van der Waals surface area contributed by atoms with E-state index in [2.05, 4.69) is 15.6 Å². The maximum atomic E-state index is 14.6. The number of carbonyl (C=O) groups excluding carboxylic acids is 6. The van der Waals surface area contributed by atoms with Crippen LogP contribution in [-0.2, 0) is 39.9 Å². The third-order valence-electron chi connectivity index (χ3n) is 10.2. The van der Waals surface area contributed by atoms with Crippen molar-refractivity contribution in [2.75, 3.05) is 20.3 Å². The van der Waals surface area contributed by atoms with E-state index in [-0.39, 0.29) is 61.2 Å². The molecular weight excluding hydrogens is 753 g/mol. The summed E-state index contributed by atoms with van der Waals surface area (Å²) in [4.78, 5) is 86.9. The Kier molecular flexibility index (Phi) is 18.4. The van der Waals surface area contributed by atoms with Gasteiger partial charge in [0.1, 0.15) is 22.5 Å². The number of phenolic OH excluding ortho intramolecular Hbond substituents is 1. The smallest absolute Gasteiger partial charge is 0.307 e. The molecule has 57 heavy (non-hydrogen) atoms. The van der Waals surface area contributed by atoms with Crippen LogP contribution in [0.1, 0.15) is 121 Å². The molecule has 1 aliphatic rings. The fourth-order valence-corrected chi connectivity index (χ4v) is 7.76. The summed E-state index contributed by atoms with van der Waals surface area (Å²) in [6.45, 7) is 12.6. The van der Waals surface area contributed by atoms with Crippen LogP contribution in [0.25, 0.3) is 0 Å². The fourth-order valence-electron chi connectivity index (χ4n) is 6.92.